The summed E-state index contributed by atoms with van der Waals surface area (Å²) in [6.07, 6.45) is 3.67. The molecule has 1 N–H and O–H groups in total. The molecule has 19 heavy (non-hydrogen) atoms. The van der Waals surface area contributed by atoms with Crippen molar-refractivity contribution in [2.45, 2.75) is 31.8 Å². The normalized spacial score (nSPS) is 18.1. The van der Waals surface area contributed by atoms with Gasteiger partial charge in [0.05, 0.1) is 7.11 Å². The van der Waals surface area contributed by atoms with Gasteiger partial charge in [-0.2, -0.15) is 0 Å². The van der Waals surface area contributed by atoms with E-state index >= 15 is 0 Å². The van der Waals surface area contributed by atoms with Gasteiger partial charge in [0.15, 0.2) is 0 Å². The SMILES string of the molecule is COc1ccc2c(c1)C(NCc1cccs1)CCC2. The molecule has 0 bridgehead atoms. The summed E-state index contributed by atoms with van der Waals surface area (Å²) in [6.45, 7) is 0.957. The Bertz CT molecular complexity index is 536. The van der Waals surface area contributed by atoms with Crippen molar-refractivity contribution in [3.8, 4) is 5.75 Å². The number of ether oxygens (including phenoxy) is 1. The van der Waals surface area contributed by atoms with Gasteiger partial charge < -0.3 is 10.1 Å². The molecule has 1 atom stereocenters. The highest BCUT2D eigenvalue weighted by Crippen LogP contribution is 2.32. The van der Waals surface area contributed by atoms with E-state index in [1.807, 2.05) is 11.3 Å². The molecule has 1 heterocycles. The van der Waals surface area contributed by atoms with Crippen LogP contribution in [-0.4, -0.2) is 7.11 Å². The first-order valence-electron chi connectivity index (χ1n) is 6.79. The lowest BCUT2D eigenvalue weighted by molar-refractivity contribution is 0.408. The number of hydrogen-bond donors (Lipinski definition) is 1. The van der Waals surface area contributed by atoms with Crippen LogP contribution in [0.25, 0.3) is 0 Å². The van der Waals surface area contributed by atoms with Crippen LogP contribution in [0, 0.1) is 0 Å². The van der Waals surface area contributed by atoms with E-state index in [1.165, 1.54) is 35.3 Å². The number of fused-ring (bicyclic) bond motifs is 1. The predicted octanol–water partition coefficient (Wildman–Crippen LogP) is 3.92. The molecular weight excluding hydrogens is 254 g/mol. The van der Waals surface area contributed by atoms with Gasteiger partial charge in [0.25, 0.3) is 0 Å². The summed E-state index contributed by atoms with van der Waals surface area (Å²) < 4.78 is 5.35. The van der Waals surface area contributed by atoms with Gasteiger partial charge in [-0.05, 0) is 54.0 Å². The van der Waals surface area contributed by atoms with Gasteiger partial charge in [0, 0.05) is 17.5 Å². The molecule has 3 rings (SSSR count). The number of hydrogen-bond acceptors (Lipinski definition) is 3. The van der Waals surface area contributed by atoms with E-state index in [2.05, 4.69) is 41.0 Å². The van der Waals surface area contributed by atoms with Gasteiger partial charge in [0.1, 0.15) is 5.75 Å². The van der Waals surface area contributed by atoms with Crippen molar-refractivity contribution < 1.29 is 4.74 Å². The summed E-state index contributed by atoms with van der Waals surface area (Å²) in [6, 6.07) is 11.2. The average Bonchev–Trinajstić information content (AvgIpc) is 2.97. The van der Waals surface area contributed by atoms with Crippen LogP contribution in [0.15, 0.2) is 35.7 Å². The first-order valence-corrected chi connectivity index (χ1v) is 7.67. The molecular formula is C16H19NOS. The van der Waals surface area contributed by atoms with Crippen LogP contribution >= 0.6 is 11.3 Å². The monoisotopic (exact) mass is 273 g/mol. The zero-order chi connectivity index (χ0) is 13.1. The number of benzene rings is 1. The van der Waals surface area contributed by atoms with Crippen LogP contribution in [0.4, 0.5) is 0 Å². The first kappa shape index (κ1) is 12.7. The van der Waals surface area contributed by atoms with Crippen LogP contribution in [0.1, 0.15) is 34.9 Å². The fourth-order valence-corrected chi connectivity index (χ4v) is 3.41. The molecule has 1 aromatic heterocycles. The Labute approximate surface area is 118 Å². The van der Waals surface area contributed by atoms with Gasteiger partial charge in [-0.25, -0.2) is 0 Å². The summed E-state index contributed by atoms with van der Waals surface area (Å²) in [5.41, 5.74) is 2.89. The Kier molecular flexibility index (Phi) is 3.85. The average molecular weight is 273 g/mol. The smallest absolute Gasteiger partial charge is 0.119 e. The largest absolute Gasteiger partial charge is 0.497 e. The maximum atomic E-state index is 5.35. The highest BCUT2D eigenvalue weighted by molar-refractivity contribution is 7.09. The quantitative estimate of drug-likeness (QED) is 0.911. The van der Waals surface area contributed by atoms with Gasteiger partial charge >= 0.3 is 0 Å². The fourth-order valence-electron chi connectivity index (χ4n) is 2.75. The highest BCUT2D eigenvalue weighted by Gasteiger charge is 2.20. The molecule has 0 aliphatic heterocycles. The predicted molar refractivity (Wildman–Crippen MR) is 79.8 cm³/mol. The van der Waals surface area contributed by atoms with E-state index in [0.29, 0.717) is 6.04 Å². The van der Waals surface area contributed by atoms with Crippen molar-refractivity contribution in [2.75, 3.05) is 7.11 Å². The lowest BCUT2D eigenvalue weighted by Crippen LogP contribution is -2.24. The van der Waals surface area contributed by atoms with Gasteiger partial charge in [-0.3, -0.25) is 0 Å². The van der Waals surface area contributed by atoms with E-state index < -0.39 is 0 Å². The molecule has 0 amide bonds. The minimum Gasteiger partial charge on any atom is -0.497 e. The molecule has 1 aliphatic carbocycles. The molecule has 100 valence electrons. The lowest BCUT2D eigenvalue weighted by Gasteiger charge is -2.27. The summed E-state index contributed by atoms with van der Waals surface area (Å²) in [5.74, 6) is 0.962. The zero-order valence-corrected chi connectivity index (χ0v) is 12.0. The molecule has 2 aromatic rings. The van der Waals surface area contributed by atoms with Crippen molar-refractivity contribution in [3.63, 3.8) is 0 Å². The summed E-state index contributed by atoms with van der Waals surface area (Å²) >= 11 is 1.81. The molecule has 1 aromatic carbocycles. The van der Waals surface area contributed by atoms with Crippen LogP contribution in [-0.2, 0) is 13.0 Å². The van der Waals surface area contributed by atoms with Crippen LogP contribution in [0.2, 0.25) is 0 Å². The number of rotatable bonds is 4. The Balaban J connectivity index is 1.77. The number of aryl methyl sites for hydroxylation is 1. The number of nitrogens with one attached hydrogen (secondary N) is 1. The molecule has 2 nitrogen and oxygen atoms in total. The Morgan fingerprint density at radius 2 is 2.32 bits per heavy atom. The molecule has 1 unspecified atom stereocenters. The van der Waals surface area contributed by atoms with E-state index in [9.17, 15) is 0 Å². The standard InChI is InChI=1S/C16H19NOS/c1-18-13-8-7-12-4-2-6-16(15(12)10-13)17-11-14-5-3-9-19-14/h3,5,7-10,16-17H,2,4,6,11H2,1H3. The van der Waals surface area contributed by atoms with E-state index in [0.717, 1.165) is 12.3 Å². The molecule has 0 saturated heterocycles. The second-order valence-corrected chi connectivity index (χ2v) is 6.00. The van der Waals surface area contributed by atoms with Crippen molar-refractivity contribution in [2.24, 2.45) is 0 Å². The van der Waals surface area contributed by atoms with Gasteiger partial charge in [-0.15, -0.1) is 11.3 Å². The minimum atomic E-state index is 0.459. The third kappa shape index (κ3) is 2.82. The Morgan fingerprint density at radius 3 is 3.11 bits per heavy atom. The van der Waals surface area contributed by atoms with Crippen molar-refractivity contribution in [1.82, 2.24) is 5.32 Å². The Hall–Kier alpha value is -1.32. The van der Waals surface area contributed by atoms with Crippen LogP contribution < -0.4 is 10.1 Å². The third-order valence-corrected chi connectivity index (χ3v) is 4.65. The van der Waals surface area contributed by atoms with E-state index in [1.54, 1.807) is 7.11 Å². The van der Waals surface area contributed by atoms with E-state index in [-0.39, 0.29) is 0 Å². The summed E-state index contributed by atoms with van der Waals surface area (Å²) in [4.78, 5) is 1.40. The summed E-state index contributed by atoms with van der Waals surface area (Å²) in [5, 5.41) is 5.82. The summed E-state index contributed by atoms with van der Waals surface area (Å²) in [7, 11) is 1.73. The third-order valence-electron chi connectivity index (χ3n) is 3.77. The van der Waals surface area contributed by atoms with Crippen LogP contribution in [0.3, 0.4) is 0 Å². The van der Waals surface area contributed by atoms with Crippen LogP contribution in [0.5, 0.6) is 5.75 Å². The molecule has 0 saturated carbocycles. The molecule has 1 aliphatic rings. The fraction of sp³-hybridized carbons (Fsp3) is 0.375. The second kappa shape index (κ2) is 5.76. The highest BCUT2D eigenvalue weighted by atomic mass is 32.1. The van der Waals surface area contributed by atoms with Gasteiger partial charge in [0.2, 0.25) is 0 Å². The topological polar surface area (TPSA) is 21.3 Å². The number of thiophene rings is 1. The first-order chi connectivity index (χ1) is 9.36. The van der Waals surface area contributed by atoms with Crippen molar-refractivity contribution in [1.29, 1.82) is 0 Å². The molecule has 0 fully saturated rings. The molecule has 3 heteroatoms. The van der Waals surface area contributed by atoms with Crippen molar-refractivity contribution >= 4 is 11.3 Å². The molecule has 0 radical (unpaired) electrons. The zero-order valence-electron chi connectivity index (χ0n) is 11.2. The van der Waals surface area contributed by atoms with Gasteiger partial charge in [-0.1, -0.05) is 12.1 Å². The lowest BCUT2D eigenvalue weighted by atomic mass is 9.87. The number of methoxy groups -OCH3 is 1. The second-order valence-electron chi connectivity index (χ2n) is 4.97. The van der Waals surface area contributed by atoms with E-state index in [4.69, 9.17) is 4.74 Å². The molecule has 0 spiro atoms. The maximum Gasteiger partial charge on any atom is 0.119 e. The minimum absolute atomic E-state index is 0.459. The maximum absolute atomic E-state index is 5.35. The van der Waals surface area contributed by atoms with Crippen molar-refractivity contribution in [3.05, 3.63) is 51.7 Å². The Morgan fingerprint density at radius 1 is 1.37 bits per heavy atom.